The van der Waals surface area contributed by atoms with Crippen LogP contribution in [0.2, 0.25) is 5.02 Å². The number of aryl methyl sites for hydroxylation is 2. The lowest BCUT2D eigenvalue weighted by molar-refractivity contribution is -0.138. The van der Waals surface area contributed by atoms with Crippen molar-refractivity contribution in [1.29, 1.82) is 0 Å². The van der Waals surface area contributed by atoms with Gasteiger partial charge in [0.1, 0.15) is 18.0 Å². The lowest BCUT2D eigenvalue weighted by Gasteiger charge is -2.20. The highest BCUT2D eigenvalue weighted by atomic mass is 35.5. The fourth-order valence-corrected chi connectivity index (χ4v) is 4.21. The molecule has 4 aromatic rings. The van der Waals surface area contributed by atoms with Crippen molar-refractivity contribution in [2.75, 3.05) is 30.3 Å². The quantitative estimate of drug-likeness (QED) is 0.256. The Hall–Kier alpha value is -4.09. The van der Waals surface area contributed by atoms with Gasteiger partial charge in [-0.05, 0) is 56.3 Å². The topological polar surface area (TPSA) is 125 Å². The molecule has 2 heterocycles. The van der Waals surface area contributed by atoms with E-state index in [0.29, 0.717) is 41.2 Å². The lowest BCUT2D eigenvalue weighted by Crippen LogP contribution is -2.35. The zero-order valence-corrected chi connectivity index (χ0v) is 21.7. The molecule has 4 rings (SSSR count). The van der Waals surface area contributed by atoms with Crippen molar-refractivity contribution in [2.45, 2.75) is 26.8 Å². The van der Waals surface area contributed by atoms with Crippen LogP contribution < -0.4 is 10.6 Å². The number of aromatic nitrogens is 4. The third-order valence-electron chi connectivity index (χ3n) is 5.85. The zero-order chi connectivity index (χ0) is 27.2. The van der Waals surface area contributed by atoms with E-state index in [1.807, 2.05) is 24.6 Å². The number of amides is 1. The maximum atomic E-state index is 13.5. The lowest BCUT2D eigenvalue weighted by atomic mass is 10.2. The molecule has 1 amide bonds. The number of carbonyl (C=O) groups excluding carboxylic acids is 1. The molecular weight excluding hydrogens is 513 g/mol. The minimum absolute atomic E-state index is 0.0203. The van der Waals surface area contributed by atoms with Gasteiger partial charge < -0.3 is 15.7 Å². The van der Waals surface area contributed by atoms with Crippen LogP contribution in [0.4, 0.5) is 21.6 Å². The average molecular weight is 540 g/mol. The molecule has 0 aliphatic carbocycles. The summed E-state index contributed by atoms with van der Waals surface area (Å²) in [4.78, 5) is 34.3. The molecule has 2 aromatic carbocycles. The molecule has 0 atom stereocenters. The van der Waals surface area contributed by atoms with Crippen LogP contribution in [0.25, 0.3) is 10.9 Å². The van der Waals surface area contributed by atoms with Crippen molar-refractivity contribution >= 4 is 51.6 Å². The van der Waals surface area contributed by atoms with Crippen LogP contribution >= 0.6 is 11.6 Å². The number of nitrogens with one attached hydrogen (secondary N) is 2. The molecule has 0 aliphatic heterocycles. The van der Waals surface area contributed by atoms with Gasteiger partial charge in [0.25, 0.3) is 0 Å². The van der Waals surface area contributed by atoms with Crippen LogP contribution in [-0.4, -0.2) is 61.3 Å². The van der Waals surface area contributed by atoms with Crippen LogP contribution in [0.3, 0.4) is 0 Å². The number of aliphatic carboxylic acids is 1. The number of halogens is 2. The monoisotopic (exact) mass is 539 g/mol. The van der Waals surface area contributed by atoms with Crippen LogP contribution in [0, 0.1) is 19.7 Å². The Labute approximate surface area is 223 Å². The van der Waals surface area contributed by atoms with Gasteiger partial charge in [0.15, 0.2) is 0 Å². The fourth-order valence-electron chi connectivity index (χ4n) is 4.03. The summed E-state index contributed by atoms with van der Waals surface area (Å²) in [5, 5.41) is 20.3. The molecule has 12 heteroatoms. The van der Waals surface area contributed by atoms with Crippen molar-refractivity contribution in [2.24, 2.45) is 0 Å². The van der Waals surface area contributed by atoms with E-state index < -0.39 is 11.8 Å². The largest absolute Gasteiger partial charge is 0.480 e. The van der Waals surface area contributed by atoms with Crippen LogP contribution in [0.5, 0.6) is 0 Å². The zero-order valence-electron chi connectivity index (χ0n) is 20.9. The Balaban J connectivity index is 1.41. The molecule has 0 spiro atoms. The van der Waals surface area contributed by atoms with Gasteiger partial charge in [0, 0.05) is 42.0 Å². The van der Waals surface area contributed by atoms with Gasteiger partial charge in [-0.1, -0.05) is 11.6 Å². The van der Waals surface area contributed by atoms with E-state index in [2.05, 4.69) is 25.7 Å². The molecule has 0 saturated heterocycles. The summed E-state index contributed by atoms with van der Waals surface area (Å²) in [5.41, 5.74) is 3.61. The standard InChI is InChI=1S/C26H27ClFN7O3/c1-16-11-17(2)35(33-16)10-9-34(14-25(37)38)8-7-24(36)31-18-4-6-23-20(12-18)26(30-15-29-23)32-19-3-5-22(28)21(27)13-19/h3-6,11-13,15H,7-10,14H2,1-2H3,(H,31,36)(H,37,38)(H,29,30,32). The van der Waals surface area contributed by atoms with Crippen molar-refractivity contribution in [3.05, 3.63) is 71.0 Å². The number of fused-ring (bicyclic) bond motifs is 1. The van der Waals surface area contributed by atoms with Gasteiger partial charge in [0.2, 0.25) is 5.91 Å². The number of carbonyl (C=O) groups is 2. The number of hydrogen-bond acceptors (Lipinski definition) is 7. The number of hydrogen-bond donors (Lipinski definition) is 3. The SMILES string of the molecule is Cc1cc(C)n(CCN(CCC(=O)Nc2ccc3ncnc(Nc4ccc(F)c(Cl)c4)c3c2)CC(=O)O)n1. The van der Waals surface area contributed by atoms with Gasteiger partial charge in [0.05, 0.1) is 29.3 Å². The molecule has 0 radical (unpaired) electrons. The second-order valence-corrected chi connectivity index (χ2v) is 9.23. The predicted octanol–water partition coefficient (Wildman–Crippen LogP) is 4.39. The summed E-state index contributed by atoms with van der Waals surface area (Å²) in [7, 11) is 0. The highest BCUT2D eigenvalue weighted by Crippen LogP contribution is 2.27. The third kappa shape index (κ3) is 7.02. The smallest absolute Gasteiger partial charge is 0.317 e. The predicted molar refractivity (Wildman–Crippen MR) is 143 cm³/mol. The van der Waals surface area contributed by atoms with Crippen LogP contribution in [0.1, 0.15) is 17.8 Å². The van der Waals surface area contributed by atoms with Gasteiger partial charge in [-0.2, -0.15) is 5.10 Å². The van der Waals surface area contributed by atoms with Gasteiger partial charge in [-0.25, -0.2) is 14.4 Å². The van der Waals surface area contributed by atoms with E-state index in [-0.39, 0.29) is 30.4 Å². The molecule has 0 bridgehead atoms. The second kappa shape index (κ2) is 12.0. The van der Waals surface area contributed by atoms with Gasteiger partial charge >= 0.3 is 5.97 Å². The van der Waals surface area contributed by atoms with E-state index >= 15 is 0 Å². The molecule has 0 aliphatic rings. The minimum Gasteiger partial charge on any atom is -0.480 e. The van der Waals surface area contributed by atoms with Crippen molar-refractivity contribution in [1.82, 2.24) is 24.6 Å². The van der Waals surface area contributed by atoms with Crippen molar-refractivity contribution in [3.63, 3.8) is 0 Å². The van der Waals surface area contributed by atoms with E-state index in [9.17, 15) is 19.1 Å². The number of anilines is 3. The van der Waals surface area contributed by atoms with Crippen LogP contribution in [0.15, 0.2) is 48.8 Å². The highest BCUT2D eigenvalue weighted by molar-refractivity contribution is 6.31. The van der Waals surface area contributed by atoms with Crippen LogP contribution in [-0.2, 0) is 16.1 Å². The highest BCUT2D eigenvalue weighted by Gasteiger charge is 2.14. The summed E-state index contributed by atoms with van der Waals surface area (Å²) in [6.45, 7) is 4.90. The van der Waals surface area contributed by atoms with E-state index in [4.69, 9.17) is 11.6 Å². The first-order valence-electron chi connectivity index (χ1n) is 11.9. The van der Waals surface area contributed by atoms with Gasteiger partial charge in [-0.15, -0.1) is 0 Å². The maximum Gasteiger partial charge on any atom is 0.317 e. The molecule has 198 valence electrons. The number of benzene rings is 2. The Morgan fingerprint density at radius 1 is 1.08 bits per heavy atom. The average Bonchev–Trinajstić information content (AvgIpc) is 3.19. The number of carboxylic acids is 1. The van der Waals surface area contributed by atoms with Crippen molar-refractivity contribution < 1.29 is 19.1 Å². The Morgan fingerprint density at radius 3 is 2.58 bits per heavy atom. The third-order valence-corrected chi connectivity index (χ3v) is 6.14. The fraction of sp³-hybridized carbons (Fsp3) is 0.269. The second-order valence-electron chi connectivity index (χ2n) is 8.83. The summed E-state index contributed by atoms with van der Waals surface area (Å²) in [6, 6.07) is 11.4. The minimum atomic E-state index is -0.962. The molecule has 2 aromatic heterocycles. The first-order valence-corrected chi connectivity index (χ1v) is 12.3. The van der Waals surface area contributed by atoms with E-state index in [1.165, 1.54) is 18.5 Å². The van der Waals surface area contributed by atoms with Gasteiger partial charge in [-0.3, -0.25) is 19.2 Å². The van der Waals surface area contributed by atoms with E-state index in [0.717, 1.165) is 11.4 Å². The summed E-state index contributed by atoms with van der Waals surface area (Å²) >= 11 is 5.88. The normalized spacial score (nSPS) is 11.2. The Bertz CT molecular complexity index is 1480. The molecular formula is C26H27ClFN7O3. The maximum absolute atomic E-state index is 13.5. The first-order chi connectivity index (χ1) is 18.2. The van der Waals surface area contributed by atoms with E-state index in [1.54, 1.807) is 29.2 Å². The van der Waals surface area contributed by atoms with Crippen molar-refractivity contribution in [3.8, 4) is 0 Å². The molecule has 38 heavy (non-hydrogen) atoms. The Morgan fingerprint density at radius 2 is 1.87 bits per heavy atom. The molecule has 0 fully saturated rings. The number of nitrogens with zero attached hydrogens (tertiary/aromatic N) is 5. The Kier molecular flexibility index (Phi) is 8.49. The first kappa shape index (κ1) is 27.0. The summed E-state index contributed by atoms with van der Waals surface area (Å²) in [6.07, 6.45) is 1.50. The number of rotatable bonds is 11. The molecule has 0 saturated carbocycles. The summed E-state index contributed by atoms with van der Waals surface area (Å²) < 4.78 is 15.3. The summed E-state index contributed by atoms with van der Waals surface area (Å²) in [5.74, 6) is -1.29. The number of carboxylic acid groups (broad SMARTS) is 1. The molecule has 10 nitrogen and oxygen atoms in total. The molecule has 0 unspecified atom stereocenters. The molecule has 3 N–H and O–H groups in total.